The van der Waals surface area contributed by atoms with Crippen molar-refractivity contribution in [1.82, 2.24) is 4.98 Å². The summed E-state index contributed by atoms with van der Waals surface area (Å²) >= 11 is 0. The van der Waals surface area contributed by atoms with Crippen molar-refractivity contribution in [3.8, 4) is 0 Å². The van der Waals surface area contributed by atoms with Crippen LogP contribution in [-0.4, -0.2) is 16.9 Å². The molecule has 0 saturated heterocycles. The molecule has 19 heavy (non-hydrogen) atoms. The van der Waals surface area contributed by atoms with Crippen molar-refractivity contribution in [2.45, 2.75) is 32.2 Å². The number of benzene rings is 1. The quantitative estimate of drug-likeness (QED) is 0.865. The van der Waals surface area contributed by atoms with Crippen LogP contribution in [0.3, 0.4) is 0 Å². The second-order valence-electron chi connectivity index (χ2n) is 4.64. The van der Waals surface area contributed by atoms with Gasteiger partial charge in [0.15, 0.2) is 0 Å². The highest BCUT2D eigenvalue weighted by Crippen LogP contribution is 2.22. The number of aromatic nitrogens is 1. The van der Waals surface area contributed by atoms with E-state index in [1.807, 2.05) is 24.3 Å². The van der Waals surface area contributed by atoms with Gasteiger partial charge in [-0.2, -0.15) is 0 Å². The first-order valence-corrected chi connectivity index (χ1v) is 6.61. The first kappa shape index (κ1) is 13.5. The lowest BCUT2D eigenvalue weighted by Gasteiger charge is -2.13. The first-order chi connectivity index (χ1) is 9.22. The largest absolute Gasteiger partial charge is 0.324 e. The van der Waals surface area contributed by atoms with E-state index in [1.54, 1.807) is 12.4 Å². The van der Waals surface area contributed by atoms with Gasteiger partial charge < -0.3 is 11.1 Å². The van der Waals surface area contributed by atoms with Gasteiger partial charge in [-0.15, -0.1) is 0 Å². The molecule has 1 aromatic heterocycles. The maximum absolute atomic E-state index is 12.0. The van der Waals surface area contributed by atoms with Gasteiger partial charge in [0, 0.05) is 17.8 Å². The minimum absolute atomic E-state index is 0.134. The van der Waals surface area contributed by atoms with Crippen LogP contribution in [0.1, 0.15) is 26.2 Å². The van der Waals surface area contributed by atoms with Gasteiger partial charge in [0.05, 0.1) is 11.7 Å². The molecule has 0 spiro atoms. The number of carbonyl (C=O) groups is 1. The molecule has 1 heterocycles. The van der Waals surface area contributed by atoms with Crippen LogP contribution >= 0.6 is 0 Å². The zero-order valence-corrected chi connectivity index (χ0v) is 11.1. The van der Waals surface area contributed by atoms with Crippen LogP contribution in [0.25, 0.3) is 10.8 Å². The Labute approximate surface area is 113 Å². The summed E-state index contributed by atoms with van der Waals surface area (Å²) in [7, 11) is 0. The normalized spacial score (nSPS) is 12.3. The maximum Gasteiger partial charge on any atom is 0.241 e. The van der Waals surface area contributed by atoms with Gasteiger partial charge >= 0.3 is 0 Å². The fourth-order valence-electron chi connectivity index (χ4n) is 2.00. The summed E-state index contributed by atoms with van der Waals surface area (Å²) in [5, 5.41) is 4.87. The molecule has 0 saturated carbocycles. The summed E-state index contributed by atoms with van der Waals surface area (Å²) in [5.74, 6) is -0.134. The molecule has 2 rings (SSSR count). The van der Waals surface area contributed by atoms with E-state index in [0.717, 1.165) is 29.3 Å². The minimum Gasteiger partial charge on any atom is -0.324 e. The molecule has 100 valence electrons. The van der Waals surface area contributed by atoms with E-state index in [-0.39, 0.29) is 5.91 Å². The monoisotopic (exact) mass is 257 g/mol. The number of pyridine rings is 1. The lowest BCUT2D eigenvalue weighted by Crippen LogP contribution is -2.35. The Bertz CT molecular complexity index is 563. The second-order valence-corrected chi connectivity index (χ2v) is 4.64. The number of nitrogens with zero attached hydrogens (tertiary/aromatic N) is 1. The van der Waals surface area contributed by atoms with Gasteiger partial charge in [-0.3, -0.25) is 9.78 Å². The number of hydrogen-bond acceptors (Lipinski definition) is 3. The molecule has 0 radical (unpaired) electrons. The van der Waals surface area contributed by atoms with E-state index in [9.17, 15) is 4.79 Å². The molecular formula is C15H19N3O. The lowest BCUT2D eigenvalue weighted by atomic mass is 10.1. The van der Waals surface area contributed by atoms with Crippen molar-refractivity contribution in [2.24, 2.45) is 5.73 Å². The van der Waals surface area contributed by atoms with Crippen LogP contribution in [-0.2, 0) is 4.79 Å². The number of rotatable bonds is 5. The highest BCUT2D eigenvalue weighted by molar-refractivity contribution is 6.03. The van der Waals surface area contributed by atoms with Crippen molar-refractivity contribution >= 4 is 22.4 Å². The molecule has 0 unspecified atom stereocenters. The predicted molar refractivity (Wildman–Crippen MR) is 77.9 cm³/mol. The van der Waals surface area contributed by atoms with E-state index in [2.05, 4.69) is 17.2 Å². The number of nitrogens with one attached hydrogen (secondary N) is 1. The Hall–Kier alpha value is -1.94. The van der Waals surface area contributed by atoms with E-state index in [4.69, 9.17) is 5.73 Å². The molecular weight excluding hydrogens is 238 g/mol. The van der Waals surface area contributed by atoms with Crippen LogP contribution in [0, 0.1) is 0 Å². The summed E-state index contributed by atoms with van der Waals surface area (Å²) < 4.78 is 0. The van der Waals surface area contributed by atoms with Crippen molar-refractivity contribution in [3.63, 3.8) is 0 Å². The van der Waals surface area contributed by atoms with Crippen LogP contribution in [0.2, 0.25) is 0 Å². The third-order valence-electron chi connectivity index (χ3n) is 3.15. The molecule has 4 nitrogen and oxygen atoms in total. The Morgan fingerprint density at radius 3 is 3.05 bits per heavy atom. The summed E-state index contributed by atoms with van der Waals surface area (Å²) in [6, 6.07) is 7.24. The summed E-state index contributed by atoms with van der Waals surface area (Å²) in [6.07, 6.45) is 6.21. The average molecular weight is 257 g/mol. The van der Waals surface area contributed by atoms with E-state index in [0.29, 0.717) is 6.42 Å². The molecule has 1 aromatic carbocycles. The smallest absolute Gasteiger partial charge is 0.241 e. The van der Waals surface area contributed by atoms with Crippen molar-refractivity contribution in [2.75, 3.05) is 5.32 Å². The third kappa shape index (κ3) is 3.29. The maximum atomic E-state index is 12.0. The topological polar surface area (TPSA) is 68.0 Å². The fraction of sp³-hybridized carbons (Fsp3) is 0.333. The second kappa shape index (κ2) is 6.29. The number of carbonyl (C=O) groups excluding carboxylic acids is 1. The standard InChI is InChI=1S/C15H19N3O/c1-2-3-6-13(16)15(19)18-14-7-4-5-11-8-9-17-10-12(11)14/h4-5,7-10,13H,2-3,6,16H2,1H3,(H,18,19)/t13-/m0/s1. The molecule has 4 heteroatoms. The molecule has 0 aliphatic heterocycles. The third-order valence-corrected chi connectivity index (χ3v) is 3.15. The van der Waals surface area contributed by atoms with Crippen molar-refractivity contribution in [1.29, 1.82) is 0 Å². The summed E-state index contributed by atoms with van der Waals surface area (Å²) in [4.78, 5) is 16.1. The first-order valence-electron chi connectivity index (χ1n) is 6.61. The number of hydrogen-bond donors (Lipinski definition) is 2. The highest BCUT2D eigenvalue weighted by Gasteiger charge is 2.13. The van der Waals surface area contributed by atoms with Crippen molar-refractivity contribution < 1.29 is 4.79 Å². The van der Waals surface area contributed by atoms with E-state index >= 15 is 0 Å². The predicted octanol–water partition coefficient (Wildman–Crippen LogP) is 2.69. The Morgan fingerprint density at radius 1 is 1.42 bits per heavy atom. The van der Waals surface area contributed by atoms with Gasteiger partial charge in [0.25, 0.3) is 0 Å². The number of amides is 1. The highest BCUT2D eigenvalue weighted by atomic mass is 16.2. The molecule has 1 atom stereocenters. The zero-order valence-electron chi connectivity index (χ0n) is 11.1. The lowest BCUT2D eigenvalue weighted by molar-refractivity contribution is -0.117. The van der Waals surface area contributed by atoms with Crippen LogP contribution in [0.15, 0.2) is 36.7 Å². The fourth-order valence-corrected chi connectivity index (χ4v) is 2.00. The minimum atomic E-state index is -0.452. The van der Waals surface area contributed by atoms with Crippen LogP contribution < -0.4 is 11.1 Å². The molecule has 0 bridgehead atoms. The zero-order chi connectivity index (χ0) is 13.7. The molecule has 0 fully saturated rings. The van der Waals surface area contributed by atoms with Crippen molar-refractivity contribution in [3.05, 3.63) is 36.7 Å². The van der Waals surface area contributed by atoms with Gasteiger partial charge in [-0.25, -0.2) is 0 Å². The van der Waals surface area contributed by atoms with Gasteiger partial charge in [-0.1, -0.05) is 31.9 Å². The number of unbranched alkanes of at least 4 members (excludes halogenated alkanes) is 1. The molecule has 2 aromatic rings. The van der Waals surface area contributed by atoms with Crippen LogP contribution in [0.5, 0.6) is 0 Å². The number of fused-ring (bicyclic) bond motifs is 1. The number of nitrogens with two attached hydrogens (primary N) is 1. The van der Waals surface area contributed by atoms with E-state index in [1.165, 1.54) is 0 Å². The Morgan fingerprint density at radius 2 is 2.26 bits per heavy atom. The number of anilines is 1. The SMILES string of the molecule is CCCC[C@H](N)C(=O)Nc1cccc2ccncc12. The molecule has 3 N–H and O–H groups in total. The van der Waals surface area contributed by atoms with Gasteiger partial charge in [0.2, 0.25) is 5.91 Å². The van der Waals surface area contributed by atoms with E-state index < -0.39 is 6.04 Å². The summed E-state index contributed by atoms with van der Waals surface area (Å²) in [6.45, 7) is 2.08. The van der Waals surface area contributed by atoms with Crippen LogP contribution in [0.4, 0.5) is 5.69 Å². The summed E-state index contributed by atoms with van der Waals surface area (Å²) in [5.41, 5.74) is 6.63. The Kier molecular flexibility index (Phi) is 4.47. The molecule has 1 amide bonds. The molecule has 0 aliphatic carbocycles. The van der Waals surface area contributed by atoms with Gasteiger partial charge in [-0.05, 0) is 23.9 Å². The molecule has 0 aliphatic rings. The Balaban J connectivity index is 2.15. The van der Waals surface area contributed by atoms with Gasteiger partial charge in [0.1, 0.15) is 0 Å². The average Bonchev–Trinajstić information content (AvgIpc) is 2.45.